The molecule has 0 radical (unpaired) electrons. The summed E-state index contributed by atoms with van der Waals surface area (Å²) >= 11 is 0. The van der Waals surface area contributed by atoms with E-state index in [0.29, 0.717) is 12.2 Å². The third kappa shape index (κ3) is 3.42. The number of rotatable bonds is 4. The molecular weight excluding hydrogens is 221 g/mol. The third-order valence-electron chi connectivity index (χ3n) is 2.53. The van der Waals surface area contributed by atoms with Gasteiger partial charge in [0.05, 0.1) is 12.2 Å². The standard InChI is InChI=1S/C12H18FN3O/c1-15(2)12(17)8-16(3)11-5-4-9(7-14)6-10(11)13/h4-6H,7-8,14H2,1-3H3. The molecule has 0 heterocycles. The Labute approximate surface area is 101 Å². The van der Waals surface area contributed by atoms with E-state index in [1.165, 1.54) is 11.0 Å². The van der Waals surface area contributed by atoms with E-state index < -0.39 is 0 Å². The summed E-state index contributed by atoms with van der Waals surface area (Å²) in [4.78, 5) is 14.6. The molecule has 0 aliphatic rings. The number of hydrogen-bond acceptors (Lipinski definition) is 3. The van der Waals surface area contributed by atoms with E-state index in [2.05, 4.69) is 0 Å². The molecule has 1 amide bonds. The van der Waals surface area contributed by atoms with E-state index in [-0.39, 0.29) is 18.3 Å². The fourth-order valence-electron chi connectivity index (χ4n) is 1.42. The SMILES string of the molecule is CN(C)C(=O)CN(C)c1ccc(CN)cc1F. The van der Waals surface area contributed by atoms with Crippen molar-refractivity contribution in [2.24, 2.45) is 5.73 Å². The zero-order valence-electron chi connectivity index (χ0n) is 10.4. The van der Waals surface area contributed by atoms with Gasteiger partial charge in [-0.25, -0.2) is 4.39 Å². The smallest absolute Gasteiger partial charge is 0.241 e. The van der Waals surface area contributed by atoms with Crippen molar-refractivity contribution in [3.63, 3.8) is 0 Å². The molecule has 17 heavy (non-hydrogen) atoms. The van der Waals surface area contributed by atoms with Gasteiger partial charge in [0, 0.05) is 27.7 Å². The maximum atomic E-state index is 13.7. The highest BCUT2D eigenvalue weighted by molar-refractivity contribution is 5.80. The largest absolute Gasteiger partial charge is 0.363 e. The van der Waals surface area contributed by atoms with Gasteiger partial charge in [0.1, 0.15) is 5.82 Å². The van der Waals surface area contributed by atoms with Crippen LogP contribution < -0.4 is 10.6 Å². The molecule has 94 valence electrons. The predicted molar refractivity (Wildman–Crippen MR) is 66.3 cm³/mol. The van der Waals surface area contributed by atoms with Crippen LogP contribution in [0.1, 0.15) is 5.56 Å². The Morgan fingerprint density at radius 3 is 2.47 bits per heavy atom. The van der Waals surface area contributed by atoms with E-state index >= 15 is 0 Å². The summed E-state index contributed by atoms with van der Waals surface area (Å²) in [7, 11) is 5.02. The van der Waals surface area contributed by atoms with Crippen LogP contribution in [0.3, 0.4) is 0 Å². The molecule has 0 unspecified atom stereocenters. The predicted octanol–water partition coefficient (Wildman–Crippen LogP) is 0.809. The summed E-state index contributed by atoms with van der Waals surface area (Å²) in [6, 6.07) is 4.79. The first-order valence-electron chi connectivity index (χ1n) is 5.35. The first-order chi connectivity index (χ1) is 7.95. The van der Waals surface area contributed by atoms with E-state index in [4.69, 9.17) is 5.73 Å². The van der Waals surface area contributed by atoms with Crippen LogP contribution in [0.5, 0.6) is 0 Å². The van der Waals surface area contributed by atoms with Gasteiger partial charge < -0.3 is 15.5 Å². The van der Waals surface area contributed by atoms with Crippen LogP contribution in [-0.4, -0.2) is 38.5 Å². The van der Waals surface area contributed by atoms with Gasteiger partial charge in [-0.15, -0.1) is 0 Å². The topological polar surface area (TPSA) is 49.6 Å². The second-order valence-electron chi connectivity index (χ2n) is 4.13. The Morgan fingerprint density at radius 1 is 1.35 bits per heavy atom. The van der Waals surface area contributed by atoms with Crippen LogP contribution >= 0.6 is 0 Å². The lowest BCUT2D eigenvalue weighted by atomic mass is 10.2. The second-order valence-corrected chi connectivity index (χ2v) is 4.13. The van der Waals surface area contributed by atoms with E-state index in [1.54, 1.807) is 38.2 Å². The lowest BCUT2D eigenvalue weighted by molar-refractivity contribution is -0.127. The summed E-state index contributed by atoms with van der Waals surface area (Å²) in [6.45, 7) is 0.448. The average Bonchev–Trinajstić information content (AvgIpc) is 2.28. The molecule has 0 saturated heterocycles. The highest BCUT2D eigenvalue weighted by Gasteiger charge is 2.12. The molecule has 0 fully saturated rings. The molecule has 5 heteroatoms. The fourth-order valence-corrected chi connectivity index (χ4v) is 1.42. The van der Waals surface area contributed by atoms with Crippen molar-refractivity contribution in [1.29, 1.82) is 0 Å². The van der Waals surface area contributed by atoms with E-state index in [1.807, 2.05) is 0 Å². The van der Waals surface area contributed by atoms with Gasteiger partial charge in [-0.2, -0.15) is 0 Å². The van der Waals surface area contributed by atoms with Gasteiger partial charge in [0.15, 0.2) is 0 Å². The van der Waals surface area contributed by atoms with Gasteiger partial charge >= 0.3 is 0 Å². The quantitative estimate of drug-likeness (QED) is 0.846. The average molecular weight is 239 g/mol. The molecule has 0 atom stereocenters. The Morgan fingerprint density at radius 2 is 2.00 bits per heavy atom. The minimum absolute atomic E-state index is 0.0743. The normalized spacial score (nSPS) is 10.2. The zero-order valence-corrected chi connectivity index (χ0v) is 10.4. The van der Waals surface area contributed by atoms with Gasteiger partial charge in [-0.05, 0) is 17.7 Å². The van der Waals surface area contributed by atoms with Crippen molar-refractivity contribution in [3.8, 4) is 0 Å². The molecule has 0 saturated carbocycles. The number of carbonyl (C=O) groups excluding carboxylic acids is 1. The lowest BCUT2D eigenvalue weighted by Gasteiger charge is -2.21. The van der Waals surface area contributed by atoms with E-state index in [0.717, 1.165) is 5.56 Å². The number of hydrogen-bond donors (Lipinski definition) is 1. The van der Waals surface area contributed by atoms with Crippen molar-refractivity contribution in [1.82, 2.24) is 4.90 Å². The van der Waals surface area contributed by atoms with Gasteiger partial charge in [-0.3, -0.25) is 4.79 Å². The van der Waals surface area contributed by atoms with Crippen LogP contribution in [0.15, 0.2) is 18.2 Å². The van der Waals surface area contributed by atoms with Crippen molar-refractivity contribution in [3.05, 3.63) is 29.6 Å². The monoisotopic (exact) mass is 239 g/mol. The summed E-state index contributed by atoms with van der Waals surface area (Å²) in [5.41, 5.74) is 6.56. The Kier molecular flexibility index (Phi) is 4.45. The van der Waals surface area contributed by atoms with E-state index in [9.17, 15) is 9.18 Å². The van der Waals surface area contributed by atoms with Crippen LogP contribution in [0.25, 0.3) is 0 Å². The highest BCUT2D eigenvalue weighted by Crippen LogP contribution is 2.19. The van der Waals surface area contributed by atoms with Crippen molar-refractivity contribution >= 4 is 11.6 Å². The number of anilines is 1. The maximum absolute atomic E-state index is 13.7. The summed E-state index contributed by atoms with van der Waals surface area (Å²) in [6.07, 6.45) is 0. The number of benzene rings is 1. The molecule has 0 aliphatic carbocycles. The zero-order chi connectivity index (χ0) is 13.0. The first-order valence-corrected chi connectivity index (χ1v) is 5.35. The van der Waals surface area contributed by atoms with Crippen molar-refractivity contribution < 1.29 is 9.18 Å². The van der Waals surface area contributed by atoms with Crippen molar-refractivity contribution in [2.75, 3.05) is 32.6 Å². The second kappa shape index (κ2) is 5.63. The van der Waals surface area contributed by atoms with Crippen LogP contribution in [0.4, 0.5) is 10.1 Å². The Bertz CT molecular complexity index is 407. The molecule has 1 rings (SSSR count). The van der Waals surface area contributed by atoms with Crippen LogP contribution in [0.2, 0.25) is 0 Å². The summed E-state index contributed by atoms with van der Waals surface area (Å²) in [5.74, 6) is -0.434. The molecule has 0 spiro atoms. The summed E-state index contributed by atoms with van der Waals surface area (Å²) < 4.78 is 13.7. The molecule has 0 bridgehead atoms. The number of carbonyl (C=O) groups is 1. The van der Waals surface area contributed by atoms with Gasteiger partial charge in [0.2, 0.25) is 5.91 Å². The molecule has 0 aromatic heterocycles. The molecule has 1 aromatic rings. The number of nitrogens with two attached hydrogens (primary N) is 1. The summed E-state index contributed by atoms with van der Waals surface area (Å²) in [5, 5.41) is 0. The number of nitrogens with zero attached hydrogens (tertiary/aromatic N) is 2. The number of amides is 1. The molecule has 0 aliphatic heterocycles. The first kappa shape index (κ1) is 13.4. The van der Waals surface area contributed by atoms with Crippen LogP contribution in [-0.2, 0) is 11.3 Å². The van der Waals surface area contributed by atoms with Crippen molar-refractivity contribution in [2.45, 2.75) is 6.54 Å². The Balaban J connectivity index is 2.82. The minimum atomic E-state index is -0.359. The fraction of sp³-hybridized carbons (Fsp3) is 0.417. The number of halogens is 1. The Hall–Kier alpha value is -1.62. The number of likely N-dealkylation sites (N-methyl/N-ethyl adjacent to an activating group) is 2. The molecule has 2 N–H and O–H groups in total. The third-order valence-corrected chi connectivity index (χ3v) is 2.53. The van der Waals surface area contributed by atoms with Crippen LogP contribution in [0, 0.1) is 5.82 Å². The van der Waals surface area contributed by atoms with Gasteiger partial charge in [-0.1, -0.05) is 6.07 Å². The molecule has 4 nitrogen and oxygen atoms in total. The molecule has 1 aromatic carbocycles. The van der Waals surface area contributed by atoms with Gasteiger partial charge in [0.25, 0.3) is 0 Å². The maximum Gasteiger partial charge on any atom is 0.241 e. The lowest BCUT2D eigenvalue weighted by Crippen LogP contribution is -2.34. The molecular formula is C12H18FN3O. The minimum Gasteiger partial charge on any atom is -0.363 e. The highest BCUT2D eigenvalue weighted by atomic mass is 19.1.